The van der Waals surface area contributed by atoms with Crippen LogP contribution >= 0.6 is 0 Å². The first-order valence-electron chi connectivity index (χ1n) is 6.45. The average molecular weight is 253 g/mol. The Balaban J connectivity index is 2.16. The summed E-state index contributed by atoms with van der Waals surface area (Å²) in [5, 5.41) is 26.8. The minimum Gasteiger partial charge on any atom is -0.394 e. The first-order chi connectivity index (χ1) is 9.51. The number of hydrogen-bond donors (Lipinski definition) is 4. The maximum absolute atomic E-state index is 9.99. The van der Waals surface area contributed by atoms with Gasteiger partial charge in [-0.05, 0) is 0 Å². The second kappa shape index (κ2) is 4.16. The highest BCUT2D eigenvalue weighted by Crippen LogP contribution is 2.29. The van der Waals surface area contributed by atoms with Gasteiger partial charge in [0.25, 0.3) is 0 Å². The van der Waals surface area contributed by atoms with Crippen LogP contribution < -0.4 is 5.49 Å². The molecule has 18 heavy (non-hydrogen) atoms. The van der Waals surface area contributed by atoms with Crippen LogP contribution in [0, 0.1) is 5.41 Å². The fraction of sp³-hybridized carbons (Fsp3) is 0.500. The summed E-state index contributed by atoms with van der Waals surface area (Å²) in [5.41, 5.74) is 0.138. The zero-order valence-corrected chi connectivity index (χ0v) is 9.29. The van der Waals surface area contributed by atoms with Gasteiger partial charge in [-0.25, -0.2) is 9.97 Å². The van der Waals surface area contributed by atoms with Gasteiger partial charge in [0.1, 0.15) is 14.4 Å². The van der Waals surface area contributed by atoms with Crippen molar-refractivity contribution < 1.29 is 17.7 Å². The van der Waals surface area contributed by atoms with Crippen molar-refractivity contribution >= 4 is 11.2 Å². The number of ether oxygens (including phenoxy) is 1. The third-order valence-electron chi connectivity index (χ3n) is 2.91. The third kappa shape index (κ3) is 1.62. The number of rotatable bonds is 2. The lowest BCUT2D eigenvalue weighted by molar-refractivity contribution is -0.0486. The summed E-state index contributed by atoms with van der Waals surface area (Å²) >= 11 is 0. The maximum atomic E-state index is 9.99. The van der Waals surface area contributed by atoms with Gasteiger partial charge in [-0.2, -0.15) is 0 Å². The Morgan fingerprint density at radius 3 is 3.22 bits per heavy atom. The quantitative estimate of drug-likeness (QED) is 0.540. The van der Waals surface area contributed by atoms with Crippen molar-refractivity contribution in [3.63, 3.8) is 0 Å². The number of aliphatic hydroxyl groups excluding tert-OH is 2. The second-order valence-electron chi connectivity index (χ2n) is 4.11. The molecule has 3 atom stereocenters. The first-order valence-corrected chi connectivity index (χ1v) is 5.45. The van der Waals surface area contributed by atoms with Crippen LogP contribution in [0.5, 0.6) is 0 Å². The van der Waals surface area contributed by atoms with E-state index >= 15 is 0 Å². The number of fused-ring (bicyclic) bond motifs is 1. The summed E-state index contributed by atoms with van der Waals surface area (Å²) in [4.78, 5) is 10.2. The van der Waals surface area contributed by atoms with Crippen LogP contribution in [0.2, 0.25) is 0 Å². The Labute approximate surface area is 104 Å². The molecule has 0 radical (unpaired) electrons. The highest BCUT2D eigenvalue weighted by Gasteiger charge is 2.35. The van der Waals surface area contributed by atoms with Gasteiger partial charge in [-0.1, -0.05) is 0 Å². The van der Waals surface area contributed by atoms with E-state index in [-0.39, 0.29) is 42.3 Å². The van der Waals surface area contributed by atoms with E-state index in [2.05, 4.69) is 15.0 Å². The van der Waals surface area contributed by atoms with E-state index in [0.29, 0.717) is 0 Å². The molecule has 4 N–H and O–H groups in total. The number of nitrogens with zero attached hydrogens (tertiary/aromatic N) is 3. The molecule has 0 spiro atoms. The first kappa shape index (κ1) is 9.20. The summed E-state index contributed by atoms with van der Waals surface area (Å²) in [5.74, 6) is 0. The standard InChI is InChI=1S/C10H13N5O3/c11-8-7-9(13-3-12-8)15(4-14-7)10-6(17)1-5(2-16)18-10/h3-6,10,16-17H,1-2H2,(H2,11,12,13)/t5-,6+,10+/m0/s1/i3D,4D. The Kier molecular flexibility index (Phi) is 2.13. The molecule has 0 aromatic carbocycles. The predicted molar refractivity (Wildman–Crippen MR) is 59.4 cm³/mol. The lowest BCUT2D eigenvalue weighted by atomic mass is 10.2. The lowest BCUT2D eigenvalue weighted by Gasteiger charge is -2.16. The van der Waals surface area contributed by atoms with Crippen molar-refractivity contribution in [3.8, 4) is 0 Å². The van der Waals surface area contributed by atoms with Crippen LogP contribution in [0.3, 0.4) is 0 Å². The molecule has 3 heterocycles. The molecule has 3 rings (SSSR count). The van der Waals surface area contributed by atoms with Gasteiger partial charge in [-0.15, -0.1) is 0 Å². The molecule has 1 fully saturated rings. The number of imidazole rings is 1. The Hall–Kier alpha value is -1.77. The molecule has 8 nitrogen and oxygen atoms in total. The van der Waals surface area contributed by atoms with Crippen molar-refractivity contribution in [2.75, 3.05) is 6.61 Å². The highest BCUT2D eigenvalue weighted by molar-refractivity contribution is 5.68. The topological polar surface area (TPSA) is 120 Å². The van der Waals surface area contributed by atoms with Gasteiger partial charge in [0.2, 0.25) is 0 Å². The van der Waals surface area contributed by atoms with E-state index in [1.54, 1.807) is 0 Å². The summed E-state index contributed by atoms with van der Waals surface area (Å²) < 4.78 is 22.0. The number of aromatic amines is 1. The summed E-state index contributed by atoms with van der Waals surface area (Å²) in [6.07, 6.45) is -2.56. The van der Waals surface area contributed by atoms with E-state index in [4.69, 9.17) is 18.0 Å². The van der Waals surface area contributed by atoms with Gasteiger partial charge in [0.05, 0.1) is 25.3 Å². The molecular formula is C10H13N5O3. The number of aromatic nitrogens is 4. The molecule has 0 bridgehead atoms. The Bertz CT molecular complexity index is 715. The van der Waals surface area contributed by atoms with Gasteiger partial charge in [0.15, 0.2) is 17.4 Å². The van der Waals surface area contributed by atoms with Crippen LogP contribution in [0.15, 0.2) is 12.6 Å². The van der Waals surface area contributed by atoms with E-state index in [1.165, 1.54) is 4.57 Å². The van der Waals surface area contributed by atoms with Crippen molar-refractivity contribution in [2.45, 2.75) is 24.9 Å². The average Bonchev–Trinajstić information content (AvgIpc) is 2.89. The largest absolute Gasteiger partial charge is 0.394 e. The predicted octanol–water partition coefficient (Wildman–Crippen LogP) is -1.12. The monoisotopic (exact) mass is 253 g/mol. The highest BCUT2D eigenvalue weighted by atomic mass is 16.5. The fourth-order valence-corrected chi connectivity index (χ4v) is 2.04. The molecule has 96 valence electrons. The molecule has 0 amide bonds. The Morgan fingerprint density at radius 1 is 1.67 bits per heavy atom. The fourth-order valence-electron chi connectivity index (χ4n) is 2.04. The van der Waals surface area contributed by atoms with E-state index in [1.807, 2.05) is 0 Å². The molecule has 1 saturated heterocycles. The van der Waals surface area contributed by atoms with Crippen LogP contribution in [0.25, 0.3) is 11.2 Å². The van der Waals surface area contributed by atoms with E-state index in [0.717, 1.165) is 0 Å². The van der Waals surface area contributed by atoms with Gasteiger partial charge >= 0.3 is 0 Å². The molecular weight excluding hydrogens is 238 g/mol. The molecule has 1 aliphatic rings. The Morgan fingerprint density at radius 2 is 2.50 bits per heavy atom. The maximum Gasteiger partial charge on any atom is 0.167 e. The number of nitrogens with one attached hydrogen (secondary N) is 2. The minimum atomic E-state index is -0.914. The molecule has 1 aliphatic heterocycles. The van der Waals surface area contributed by atoms with Crippen molar-refractivity contribution in [2.24, 2.45) is 0 Å². The molecule has 0 unspecified atom stereocenters. The van der Waals surface area contributed by atoms with Gasteiger partial charge < -0.3 is 19.9 Å². The molecule has 2 aromatic rings. The third-order valence-corrected chi connectivity index (χ3v) is 2.91. The van der Waals surface area contributed by atoms with Crippen LogP contribution in [-0.4, -0.2) is 48.5 Å². The summed E-state index contributed by atoms with van der Waals surface area (Å²) in [6.45, 7) is -0.234. The number of hydrogen-bond acceptors (Lipinski definition) is 6. The lowest BCUT2D eigenvalue weighted by Crippen LogP contribution is -2.19. The zero-order valence-electron chi connectivity index (χ0n) is 11.3. The zero-order chi connectivity index (χ0) is 14.4. The number of aliphatic hydroxyl groups is 2. The normalized spacial score (nSPS) is 29.6. The van der Waals surface area contributed by atoms with Crippen LogP contribution in [0.1, 0.15) is 15.4 Å². The van der Waals surface area contributed by atoms with E-state index in [9.17, 15) is 5.11 Å². The smallest absolute Gasteiger partial charge is 0.167 e. The van der Waals surface area contributed by atoms with Gasteiger partial charge in [0, 0.05) is 6.42 Å². The molecule has 8 heteroatoms. The minimum absolute atomic E-state index is 0.126. The van der Waals surface area contributed by atoms with E-state index < -0.39 is 18.4 Å². The van der Waals surface area contributed by atoms with Crippen LogP contribution in [0.4, 0.5) is 0 Å². The van der Waals surface area contributed by atoms with Gasteiger partial charge in [-0.3, -0.25) is 9.98 Å². The SMILES string of the molecule is [2H]c1nc2c(nc([2H])n2[C@@H]2O[C@H](CO)C[C@H]2O)c(=N)[nH]1. The second-order valence-corrected chi connectivity index (χ2v) is 4.11. The summed E-state index contributed by atoms with van der Waals surface area (Å²) in [7, 11) is 0. The molecule has 0 aliphatic carbocycles. The van der Waals surface area contributed by atoms with Crippen molar-refractivity contribution in [1.82, 2.24) is 19.5 Å². The van der Waals surface area contributed by atoms with Crippen molar-refractivity contribution in [1.29, 1.82) is 5.41 Å². The van der Waals surface area contributed by atoms with Crippen LogP contribution in [-0.2, 0) is 4.74 Å². The molecule has 0 saturated carbocycles. The van der Waals surface area contributed by atoms with Crippen molar-refractivity contribution in [3.05, 3.63) is 18.1 Å². The number of H-pyrrole nitrogens is 1. The molecule has 2 aromatic heterocycles. The summed E-state index contributed by atoms with van der Waals surface area (Å²) in [6, 6.07) is 0.